The number of rotatable bonds is 7. The number of aliphatic hydroxyl groups excluding tert-OH is 1. The van der Waals surface area contributed by atoms with Crippen molar-refractivity contribution in [3.8, 4) is 0 Å². The van der Waals surface area contributed by atoms with Crippen LogP contribution in [0.3, 0.4) is 0 Å². The molecular formula is C16H14N2O5S3. The smallest absolute Gasteiger partial charge is 0.270 e. The van der Waals surface area contributed by atoms with Crippen molar-refractivity contribution < 1.29 is 18.4 Å². The number of nitrogens with one attached hydrogen (secondary N) is 1. The van der Waals surface area contributed by atoms with E-state index < -0.39 is 21.1 Å². The van der Waals surface area contributed by atoms with Crippen LogP contribution >= 0.6 is 22.7 Å². The van der Waals surface area contributed by atoms with E-state index in [1.54, 1.807) is 12.1 Å². The topological polar surface area (TPSA) is 110 Å². The van der Waals surface area contributed by atoms with Crippen LogP contribution < -0.4 is 4.72 Å². The van der Waals surface area contributed by atoms with Gasteiger partial charge < -0.3 is 5.11 Å². The molecule has 0 aliphatic heterocycles. The highest BCUT2D eigenvalue weighted by molar-refractivity contribution is 7.89. The summed E-state index contributed by atoms with van der Waals surface area (Å²) in [5.41, 5.74) is 0.505. The van der Waals surface area contributed by atoms with Crippen molar-refractivity contribution in [1.82, 2.24) is 4.72 Å². The average molecular weight is 410 g/mol. The predicted molar refractivity (Wildman–Crippen MR) is 99.8 cm³/mol. The van der Waals surface area contributed by atoms with E-state index in [0.29, 0.717) is 4.88 Å². The molecule has 2 N–H and O–H groups in total. The van der Waals surface area contributed by atoms with Gasteiger partial charge in [-0.25, -0.2) is 13.1 Å². The molecule has 136 valence electrons. The minimum absolute atomic E-state index is 0.0338. The second kappa shape index (κ2) is 7.64. The summed E-state index contributed by atoms with van der Waals surface area (Å²) in [7, 11) is -3.88. The summed E-state index contributed by atoms with van der Waals surface area (Å²) < 4.78 is 27.1. The molecule has 3 rings (SSSR count). The van der Waals surface area contributed by atoms with Gasteiger partial charge in [0.1, 0.15) is 6.10 Å². The second-order valence-electron chi connectivity index (χ2n) is 5.34. The van der Waals surface area contributed by atoms with Crippen molar-refractivity contribution in [3.63, 3.8) is 0 Å². The van der Waals surface area contributed by atoms with Gasteiger partial charge in [-0.1, -0.05) is 6.07 Å². The van der Waals surface area contributed by atoms with Gasteiger partial charge >= 0.3 is 0 Å². The van der Waals surface area contributed by atoms with Crippen LogP contribution in [0.4, 0.5) is 5.69 Å². The SMILES string of the molecule is O=[N+]([O-])c1cccc(S(=O)(=O)NCc2ccc(C(O)c3ccsc3)s2)c1. The Morgan fingerprint density at radius 1 is 1.23 bits per heavy atom. The fraction of sp³-hybridized carbons (Fsp3) is 0.125. The molecule has 1 unspecified atom stereocenters. The summed E-state index contributed by atoms with van der Waals surface area (Å²) in [6, 6.07) is 10.2. The maximum absolute atomic E-state index is 12.3. The number of non-ortho nitro benzene ring substituents is 1. The Hall–Kier alpha value is -2.11. The molecule has 0 amide bonds. The summed E-state index contributed by atoms with van der Waals surface area (Å²) >= 11 is 2.79. The highest BCUT2D eigenvalue weighted by atomic mass is 32.2. The van der Waals surface area contributed by atoms with Gasteiger partial charge in [-0.05, 0) is 40.6 Å². The van der Waals surface area contributed by atoms with Crippen LogP contribution in [0.25, 0.3) is 0 Å². The highest BCUT2D eigenvalue weighted by Gasteiger charge is 2.18. The van der Waals surface area contributed by atoms with E-state index in [1.807, 2.05) is 16.8 Å². The molecule has 0 saturated carbocycles. The average Bonchev–Trinajstić information content (AvgIpc) is 3.31. The van der Waals surface area contributed by atoms with Crippen molar-refractivity contribution in [2.45, 2.75) is 17.5 Å². The standard InChI is InChI=1S/C16H14N2O5S3/c19-16(11-6-7-24-10-11)15-5-4-13(25-15)9-17-26(22,23)14-3-1-2-12(8-14)18(20)21/h1-8,10,16-17,19H,9H2. The number of nitro groups is 1. The number of thiophene rings is 2. The zero-order valence-corrected chi connectivity index (χ0v) is 15.7. The molecule has 0 spiro atoms. The Bertz CT molecular complexity index is 1010. The van der Waals surface area contributed by atoms with Crippen molar-refractivity contribution >= 4 is 38.4 Å². The van der Waals surface area contributed by atoms with Crippen molar-refractivity contribution in [3.05, 3.63) is 78.7 Å². The van der Waals surface area contributed by atoms with Gasteiger partial charge in [-0.2, -0.15) is 11.3 Å². The molecule has 1 atom stereocenters. The molecule has 7 nitrogen and oxygen atoms in total. The van der Waals surface area contributed by atoms with Crippen LogP contribution in [-0.4, -0.2) is 18.4 Å². The molecule has 0 fully saturated rings. The number of hydrogen-bond acceptors (Lipinski definition) is 7. The van der Waals surface area contributed by atoms with Crippen LogP contribution in [0.2, 0.25) is 0 Å². The Morgan fingerprint density at radius 3 is 2.73 bits per heavy atom. The normalized spacial score (nSPS) is 12.8. The summed E-state index contributed by atoms with van der Waals surface area (Å²) in [5, 5.41) is 24.8. The Balaban J connectivity index is 1.71. The summed E-state index contributed by atoms with van der Waals surface area (Å²) in [6.45, 7) is 0.0338. The minimum Gasteiger partial charge on any atom is -0.383 e. The number of benzene rings is 1. The lowest BCUT2D eigenvalue weighted by molar-refractivity contribution is -0.385. The maximum atomic E-state index is 12.3. The third kappa shape index (κ3) is 4.17. The molecule has 2 aromatic heterocycles. The van der Waals surface area contributed by atoms with E-state index in [1.165, 1.54) is 40.9 Å². The molecule has 0 bridgehead atoms. The fourth-order valence-electron chi connectivity index (χ4n) is 2.25. The van der Waals surface area contributed by atoms with Gasteiger partial charge in [-0.15, -0.1) is 11.3 Å². The molecule has 1 aromatic carbocycles. The first kappa shape index (κ1) is 18.7. The summed E-state index contributed by atoms with van der Waals surface area (Å²) in [4.78, 5) is 11.4. The molecule has 0 aliphatic carbocycles. The zero-order chi connectivity index (χ0) is 18.7. The van der Waals surface area contributed by atoms with Gasteiger partial charge in [0, 0.05) is 28.4 Å². The first-order valence-electron chi connectivity index (χ1n) is 7.40. The zero-order valence-electron chi connectivity index (χ0n) is 13.2. The molecular weight excluding hydrogens is 396 g/mol. The predicted octanol–water partition coefficient (Wildman–Crippen LogP) is 3.28. The van der Waals surface area contributed by atoms with Gasteiger partial charge in [0.25, 0.3) is 5.69 Å². The van der Waals surface area contributed by atoms with Crippen LogP contribution in [0.1, 0.15) is 21.4 Å². The second-order valence-corrected chi connectivity index (χ2v) is 9.09. The number of hydrogen-bond donors (Lipinski definition) is 2. The van der Waals surface area contributed by atoms with E-state index >= 15 is 0 Å². The van der Waals surface area contributed by atoms with E-state index in [0.717, 1.165) is 16.5 Å². The first-order valence-corrected chi connectivity index (χ1v) is 10.6. The lowest BCUT2D eigenvalue weighted by Gasteiger charge is -2.06. The van der Waals surface area contributed by atoms with Crippen molar-refractivity contribution in [2.24, 2.45) is 0 Å². The van der Waals surface area contributed by atoms with Crippen LogP contribution in [0, 0.1) is 10.1 Å². The van der Waals surface area contributed by atoms with E-state index in [2.05, 4.69) is 4.72 Å². The number of sulfonamides is 1. The molecule has 2 heterocycles. The lowest BCUT2D eigenvalue weighted by Crippen LogP contribution is -2.22. The minimum atomic E-state index is -3.88. The lowest BCUT2D eigenvalue weighted by atomic mass is 10.2. The van der Waals surface area contributed by atoms with Crippen LogP contribution in [0.15, 0.2) is 58.1 Å². The van der Waals surface area contributed by atoms with Crippen molar-refractivity contribution in [2.75, 3.05) is 0 Å². The van der Waals surface area contributed by atoms with Crippen LogP contribution in [-0.2, 0) is 16.6 Å². The fourth-order valence-corrected chi connectivity index (χ4v) is 5.03. The highest BCUT2D eigenvalue weighted by Crippen LogP contribution is 2.29. The molecule has 3 aromatic rings. The monoisotopic (exact) mass is 410 g/mol. The molecule has 0 saturated heterocycles. The van der Waals surface area contributed by atoms with Crippen molar-refractivity contribution in [1.29, 1.82) is 0 Å². The van der Waals surface area contributed by atoms with Gasteiger partial charge in [0.15, 0.2) is 0 Å². The van der Waals surface area contributed by atoms with E-state index in [9.17, 15) is 23.6 Å². The van der Waals surface area contributed by atoms with Gasteiger partial charge in [0.2, 0.25) is 10.0 Å². The third-order valence-electron chi connectivity index (χ3n) is 3.59. The molecule has 0 radical (unpaired) electrons. The Morgan fingerprint density at radius 2 is 2.04 bits per heavy atom. The first-order chi connectivity index (χ1) is 12.4. The number of aliphatic hydroxyl groups is 1. The number of nitro benzene ring substituents is 1. The number of nitrogens with zero attached hydrogens (tertiary/aromatic N) is 1. The largest absolute Gasteiger partial charge is 0.383 e. The molecule has 10 heteroatoms. The Labute approximate surface area is 157 Å². The maximum Gasteiger partial charge on any atom is 0.270 e. The van der Waals surface area contributed by atoms with Crippen LogP contribution in [0.5, 0.6) is 0 Å². The summed E-state index contributed by atoms with van der Waals surface area (Å²) in [5.74, 6) is 0. The van der Waals surface area contributed by atoms with Gasteiger partial charge in [0.05, 0.1) is 9.82 Å². The Kier molecular flexibility index (Phi) is 5.49. The summed E-state index contributed by atoms with van der Waals surface area (Å²) in [6.07, 6.45) is -0.742. The molecule has 0 aliphatic rings. The van der Waals surface area contributed by atoms with Gasteiger partial charge in [-0.3, -0.25) is 10.1 Å². The third-order valence-corrected chi connectivity index (χ3v) is 6.82. The quantitative estimate of drug-likeness (QED) is 0.459. The molecule has 26 heavy (non-hydrogen) atoms. The van der Waals surface area contributed by atoms with E-state index in [4.69, 9.17) is 0 Å². The van der Waals surface area contributed by atoms with E-state index in [-0.39, 0.29) is 17.1 Å².